The summed E-state index contributed by atoms with van der Waals surface area (Å²) in [6.45, 7) is 4.92. The van der Waals surface area contributed by atoms with Crippen LogP contribution in [0.15, 0.2) is 42.1 Å². The lowest BCUT2D eigenvalue weighted by Crippen LogP contribution is -2.57. The number of carbonyl (C=O) groups is 2. The van der Waals surface area contributed by atoms with Crippen molar-refractivity contribution in [1.29, 1.82) is 0 Å². The summed E-state index contributed by atoms with van der Waals surface area (Å²) in [4.78, 5) is 30.2. The second kappa shape index (κ2) is 8.83. The number of hydrogen-bond donors (Lipinski definition) is 2. The van der Waals surface area contributed by atoms with Crippen LogP contribution in [0.2, 0.25) is 0 Å². The molecule has 1 saturated heterocycles. The van der Waals surface area contributed by atoms with E-state index >= 15 is 0 Å². The second-order valence-electron chi connectivity index (χ2n) is 10.4. The first-order valence-electron chi connectivity index (χ1n) is 11.6. The van der Waals surface area contributed by atoms with Crippen molar-refractivity contribution in [3.63, 3.8) is 0 Å². The number of aromatic nitrogens is 1. The van der Waals surface area contributed by atoms with Gasteiger partial charge >= 0.3 is 12.1 Å². The van der Waals surface area contributed by atoms with Gasteiger partial charge in [0.25, 0.3) is 0 Å². The molecular weight excluding hydrogens is 447 g/mol. The van der Waals surface area contributed by atoms with Gasteiger partial charge in [0.1, 0.15) is 5.69 Å². The second-order valence-corrected chi connectivity index (χ2v) is 10.4. The summed E-state index contributed by atoms with van der Waals surface area (Å²) >= 11 is 0. The highest BCUT2D eigenvalue weighted by molar-refractivity contribution is 5.90. The van der Waals surface area contributed by atoms with Crippen molar-refractivity contribution in [2.45, 2.75) is 70.3 Å². The molecule has 0 aromatic carbocycles. The minimum atomic E-state index is -4.48. The zero-order chi connectivity index (χ0) is 24.7. The SMILES string of the molecule is CC(C)(NC(=O)C1CC2(CCN1Cc1ccc(C(F)(F)F)nc1)CC2)C1C=CC(C(=O)O)=CC1. The quantitative estimate of drug-likeness (QED) is 0.638. The number of carbonyl (C=O) groups excluding carboxylic acids is 1. The first-order chi connectivity index (χ1) is 15.9. The fourth-order valence-electron chi connectivity index (χ4n) is 4.98. The molecule has 1 aromatic heterocycles. The molecule has 0 bridgehead atoms. The molecule has 2 N–H and O–H groups in total. The van der Waals surface area contributed by atoms with Gasteiger partial charge in [0.2, 0.25) is 5.91 Å². The summed E-state index contributed by atoms with van der Waals surface area (Å²) in [5.41, 5.74) is -0.436. The summed E-state index contributed by atoms with van der Waals surface area (Å²) in [7, 11) is 0. The first kappa shape index (κ1) is 24.4. The van der Waals surface area contributed by atoms with Crippen molar-refractivity contribution in [2.75, 3.05) is 6.54 Å². The molecule has 2 atom stereocenters. The number of rotatable bonds is 6. The van der Waals surface area contributed by atoms with Gasteiger partial charge in [-0.3, -0.25) is 14.7 Å². The van der Waals surface area contributed by atoms with Crippen molar-refractivity contribution in [1.82, 2.24) is 15.2 Å². The topological polar surface area (TPSA) is 82.5 Å². The van der Waals surface area contributed by atoms with Gasteiger partial charge in [-0.05, 0) is 69.5 Å². The lowest BCUT2D eigenvalue weighted by Gasteiger charge is -2.42. The van der Waals surface area contributed by atoms with Crippen LogP contribution < -0.4 is 5.32 Å². The fourth-order valence-corrected chi connectivity index (χ4v) is 4.98. The van der Waals surface area contributed by atoms with Gasteiger partial charge in [0, 0.05) is 24.2 Å². The number of piperidine rings is 1. The average molecular weight is 478 g/mol. The van der Waals surface area contributed by atoms with Crippen molar-refractivity contribution < 1.29 is 27.9 Å². The standard InChI is InChI=1S/C25H30F3N3O3/c1-23(2,18-6-4-17(5-7-18)22(33)34)30-21(32)19-13-24(9-10-24)11-12-31(19)15-16-3-8-20(29-14-16)25(26,27)28/h3-6,8,14,18-19H,7,9-13,15H2,1-2H3,(H,30,32)(H,33,34). The summed E-state index contributed by atoms with van der Waals surface area (Å²) < 4.78 is 38.5. The highest BCUT2D eigenvalue weighted by Gasteiger charge is 2.50. The lowest BCUT2D eigenvalue weighted by atomic mass is 9.80. The van der Waals surface area contributed by atoms with Crippen molar-refractivity contribution in [3.8, 4) is 0 Å². The van der Waals surface area contributed by atoms with E-state index in [1.165, 1.54) is 12.3 Å². The number of pyridine rings is 1. The number of likely N-dealkylation sites (tertiary alicyclic amines) is 1. The smallest absolute Gasteiger partial charge is 0.433 e. The molecule has 1 aliphatic heterocycles. The minimum absolute atomic E-state index is 0.0504. The Kier molecular flexibility index (Phi) is 6.35. The summed E-state index contributed by atoms with van der Waals surface area (Å²) in [5, 5.41) is 12.3. The van der Waals surface area contributed by atoms with E-state index in [2.05, 4.69) is 10.3 Å². The summed E-state index contributed by atoms with van der Waals surface area (Å²) in [6.07, 6.45) is 6.26. The number of carboxylic acid groups (broad SMARTS) is 1. The van der Waals surface area contributed by atoms with Gasteiger partial charge in [0.15, 0.2) is 0 Å². The van der Waals surface area contributed by atoms with Gasteiger partial charge in [0.05, 0.1) is 11.6 Å². The van der Waals surface area contributed by atoms with Crippen LogP contribution in [0.3, 0.4) is 0 Å². The molecule has 2 heterocycles. The number of halogens is 3. The van der Waals surface area contributed by atoms with E-state index < -0.39 is 23.4 Å². The molecular formula is C25H30F3N3O3. The highest BCUT2D eigenvalue weighted by atomic mass is 19.4. The predicted octanol–water partition coefficient (Wildman–Crippen LogP) is 4.33. The van der Waals surface area contributed by atoms with E-state index in [1.54, 1.807) is 12.2 Å². The van der Waals surface area contributed by atoms with E-state index in [-0.39, 0.29) is 28.9 Å². The Hall–Kier alpha value is -2.68. The third-order valence-electron chi connectivity index (χ3n) is 7.48. The van der Waals surface area contributed by atoms with E-state index in [0.29, 0.717) is 25.1 Å². The number of carboxylic acids is 1. The Morgan fingerprint density at radius 3 is 2.50 bits per heavy atom. The minimum Gasteiger partial charge on any atom is -0.478 e. The number of allylic oxidation sites excluding steroid dienone is 1. The molecule has 184 valence electrons. The van der Waals surface area contributed by atoms with Crippen LogP contribution in [-0.2, 0) is 22.3 Å². The number of alkyl halides is 3. The summed E-state index contributed by atoms with van der Waals surface area (Å²) in [6, 6.07) is 2.03. The molecule has 34 heavy (non-hydrogen) atoms. The number of amides is 1. The third kappa shape index (κ3) is 5.35. The molecule has 2 unspecified atom stereocenters. The van der Waals surface area contributed by atoms with Crippen LogP contribution >= 0.6 is 0 Å². The van der Waals surface area contributed by atoms with E-state index in [4.69, 9.17) is 5.11 Å². The van der Waals surface area contributed by atoms with Gasteiger partial charge in [-0.25, -0.2) is 4.79 Å². The molecule has 0 radical (unpaired) electrons. The van der Waals surface area contributed by atoms with Gasteiger partial charge in [-0.2, -0.15) is 13.2 Å². The molecule has 1 saturated carbocycles. The number of hydrogen-bond acceptors (Lipinski definition) is 4. The molecule has 3 aliphatic rings. The van der Waals surface area contributed by atoms with Crippen LogP contribution in [0.4, 0.5) is 13.2 Å². The van der Waals surface area contributed by atoms with Gasteiger partial charge < -0.3 is 10.4 Å². The molecule has 6 nitrogen and oxygen atoms in total. The maximum absolute atomic E-state index is 13.5. The molecule has 2 fully saturated rings. The molecule has 1 aromatic rings. The van der Waals surface area contributed by atoms with Crippen LogP contribution in [0.1, 0.15) is 57.2 Å². The van der Waals surface area contributed by atoms with E-state index in [0.717, 1.165) is 31.7 Å². The maximum Gasteiger partial charge on any atom is 0.433 e. The molecule has 2 aliphatic carbocycles. The third-order valence-corrected chi connectivity index (χ3v) is 7.48. The lowest BCUT2D eigenvalue weighted by molar-refractivity contribution is -0.141. The Morgan fingerprint density at radius 2 is 1.97 bits per heavy atom. The van der Waals surface area contributed by atoms with Crippen molar-refractivity contribution in [2.24, 2.45) is 11.3 Å². The number of aliphatic carboxylic acids is 1. The van der Waals surface area contributed by atoms with Crippen molar-refractivity contribution in [3.05, 3.63) is 53.4 Å². The predicted molar refractivity (Wildman–Crippen MR) is 120 cm³/mol. The molecule has 9 heteroatoms. The largest absolute Gasteiger partial charge is 0.478 e. The zero-order valence-electron chi connectivity index (χ0n) is 19.4. The Bertz CT molecular complexity index is 1010. The summed E-state index contributed by atoms with van der Waals surface area (Å²) in [5.74, 6) is -1.12. The van der Waals surface area contributed by atoms with Gasteiger partial charge in [-0.1, -0.05) is 24.3 Å². The number of nitrogens with one attached hydrogen (secondary N) is 1. The highest BCUT2D eigenvalue weighted by Crippen LogP contribution is 2.55. The van der Waals surface area contributed by atoms with Crippen molar-refractivity contribution >= 4 is 11.9 Å². The fraction of sp³-hybridized carbons (Fsp3) is 0.560. The Morgan fingerprint density at radius 1 is 1.24 bits per heavy atom. The first-order valence-corrected chi connectivity index (χ1v) is 11.6. The van der Waals surface area contributed by atoms with E-state index in [9.17, 15) is 22.8 Å². The number of nitrogens with zero attached hydrogens (tertiary/aromatic N) is 2. The zero-order valence-corrected chi connectivity index (χ0v) is 19.4. The monoisotopic (exact) mass is 477 g/mol. The van der Waals surface area contributed by atoms with E-state index in [1.807, 2.05) is 24.8 Å². The Balaban J connectivity index is 1.45. The van der Waals surface area contributed by atoms with Crippen LogP contribution in [0, 0.1) is 11.3 Å². The van der Waals surface area contributed by atoms with Crippen LogP contribution in [0.25, 0.3) is 0 Å². The molecule has 1 spiro atoms. The van der Waals surface area contributed by atoms with Crippen LogP contribution in [-0.4, -0.2) is 45.0 Å². The normalized spacial score (nSPS) is 24.6. The van der Waals surface area contributed by atoms with Gasteiger partial charge in [-0.15, -0.1) is 0 Å². The maximum atomic E-state index is 13.5. The van der Waals surface area contributed by atoms with Crippen LogP contribution in [0.5, 0.6) is 0 Å². The molecule has 4 rings (SSSR count). The Labute approximate surface area is 196 Å². The molecule has 1 amide bonds. The average Bonchev–Trinajstić information content (AvgIpc) is 3.53.